The number of nitrogens with zero attached hydrogens (tertiary/aromatic N) is 3. The van der Waals surface area contributed by atoms with Gasteiger partial charge in [0.15, 0.2) is 0 Å². The Kier molecular flexibility index (Phi) is 8.06. The number of amides is 4. The van der Waals surface area contributed by atoms with Gasteiger partial charge in [-0.15, -0.1) is 0 Å². The molecule has 1 saturated carbocycles. The maximum atomic E-state index is 12.6. The molecule has 11 heteroatoms. The van der Waals surface area contributed by atoms with E-state index in [-0.39, 0.29) is 24.1 Å². The van der Waals surface area contributed by atoms with E-state index in [0.29, 0.717) is 17.9 Å². The Morgan fingerprint density at radius 2 is 1.78 bits per heavy atom. The zero-order valence-electron chi connectivity index (χ0n) is 18.9. The van der Waals surface area contributed by atoms with E-state index in [2.05, 4.69) is 15.6 Å². The van der Waals surface area contributed by atoms with Crippen LogP contribution in [0.1, 0.15) is 40.0 Å². The maximum Gasteiger partial charge on any atom is 0.408 e. The molecule has 1 aliphatic carbocycles. The molecule has 0 saturated heterocycles. The third-order valence-electron chi connectivity index (χ3n) is 5.36. The van der Waals surface area contributed by atoms with Gasteiger partial charge in [-0.3, -0.25) is 19.3 Å². The number of carbonyl (C=O) groups is 4. The standard InChI is InChI=1S/C21H30ClN5O5/c1-21(2,3)27(20(31)32)15-10-12(19(30)26(4)5)6-8-14(15)24-17(28)18(29)25-16-9-7-13(22)11-23-16/h7,9,11-12,14-15H,6,8,10H2,1-5H3,(H,24,28)(H,31,32)(H,23,25,29)/t12-,14+,15+/m0/s1. The van der Waals surface area contributed by atoms with Gasteiger partial charge >= 0.3 is 17.9 Å². The molecule has 1 aromatic rings. The molecule has 32 heavy (non-hydrogen) atoms. The number of nitrogens with one attached hydrogen (secondary N) is 2. The van der Waals surface area contributed by atoms with E-state index in [1.54, 1.807) is 34.9 Å². The second kappa shape index (κ2) is 10.2. The molecule has 0 spiro atoms. The second-order valence-electron chi connectivity index (χ2n) is 9.03. The minimum Gasteiger partial charge on any atom is -0.465 e. The molecule has 1 fully saturated rings. The molecule has 176 valence electrons. The van der Waals surface area contributed by atoms with E-state index in [1.807, 2.05) is 0 Å². The van der Waals surface area contributed by atoms with Gasteiger partial charge in [0, 0.05) is 37.8 Å². The summed E-state index contributed by atoms with van der Waals surface area (Å²) in [5, 5.41) is 15.3. The Morgan fingerprint density at radius 3 is 2.28 bits per heavy atom. The normalized spacial score (nSPS) is 20.8. The van der Waals surface area contributed by atoms with Crippen molar-refractivity contribution in [3.8, 4) is 0 Å². The van der Waals surface area contributed by atoms with Gasteiger partial charge < -0.3 is 20.6 Å². The summed E-state index contributed by atoms with van der Waals surface area (Å²) in [5.41, 5.74) is -0.780. The summed E-state index contributed by atoms with van der Waals surface area (Å²) >= 11 is 5.77. The van der Waals surface area contributed by atoms with E-state index < -0.39 is 35.5 Å². The molecular formula is C21H30ClN5O5. The molecule has 2 rings (SSSR count). The van der Waals surface area contributed by atoms with Crippen molar-refractivity contribution < 1.29 is 24.3 Å². The van der Waals surface area contributed by atoms with E-state index in [1.165, 1.54) is 28.1 Å². The van der Waals surface area contributed by atoms with Crippen LogP contribution in [0, 0.1) is 5.92 Å². The van der Waals surface area contributed by atoms with Crippen LogP contribution in [0.25, 0.3) is 0 Å². The molecule has 3 atom stereocenters. The molecule has 0 radical (unpaired) electrons. The summed E-state index contributed by atoms with van der Waals surface area (Å²) in [5.74, 6) is -2.14. The predicted molar refractivity (Wildman–Crippen MR) is 119 cm³/mol. The zero-order valence-corrected chi connectivity index (χ0v) is 19.6. The first kappa shape index (κ1) is 25.4. The molecule has 1 aliphatic rings. The Labute approximate surface area is 192 Å². The van der Waals surface area contributed by atoms with E-state index in [4.69, 9.17) is 11.6 Å². The summed E-state index contributed by atoms with van der Waals surface area (Å²) < 4.78 is 0. The predicted octanol–water partition coefficient (Wildman–Crippen LogP) is 2.19. The minimum absolute atomic E-state index is 0.0921. The number of pyridine rings is 1. The lowest BCUT2D eigenvalue weighted by atomic mass is 9.79. The van der Waals surface area contributed by atoms with Crippen molar-refractivity contribution in [2.45, 2.75) is 57.7 Å². The highest BCUT2D eigenvalue weighted by Gasteiger charge is 2.44. The van der Waals surface area contributed by atoms with E-state index in [9.17, 15) is 24.3 Å². The fraction of sp³-hybridized carbons (Fsp3) is 0.571. The Bertz CT molecular complexity index is 868. The molecule has 0 aliphatic heterocycles. The monoisotopic (exact) mass is 467 g/mol. The average molecular weight is 468 g/mol. The lowest BCUT2D eigenvalue weighted by Crippen LogP contribution is -2.62. The highest BCUT2D eigenvalue weighted by atomic mass is 35.5. The number of rotatable bonds is 4. The van der Waals surface area contributed by atoms with Crippen LogP contribution in [0.3, 0.4) is 0 Å². The van der Waals surface area contributed by atoms with Gasteiger partial charge in [0.25, 0.3) is 0 Å². The van der Waals surface area contributed by atoms with Gasteiger partial charge in [0.05, 0.1) is 11.1 Å². The van der Waals surface area contributed by atoms with Crippen LogP contribution in [0.2, 0.25) is 5.02 Å². The average Bonchev–Trinajstić information content (AvgIpc) is 2.68. The summed E-state index contributed by atoms with van der Waals surface area (Å²) in [6.07, 6.45) is 1.24. The first-order chi connectivity index (χ1) is 14.8. The summed E-state index contributed by atoms with van der Waals surface area (Å²) in [4.78, 5) is 56.2. The lowest BCUT2D eigenvalue weighted by Gasteiger charge is -2.46. The Balaban J connectivity index is 2.21. The van der Waals surface area contributed by atoms with Gasteiger partial charge in [-0.1, -0.05) is 11.6 Å². The van der Waals surface area contributed by atoms with Gasteiger partial charge in [-0.25, -0.2) is 9.78 Å². The minimum atomic E-state index is -1.16. The lowest BCUT2D eigenvalue weighted by molar-refractivity contribution is -0.138. The SMILES string of the molecule is CN(C)C(=O)[C@H]1CC[C@@H](NC(=O)C(=O)Nc2ccc(Cl)cn2)[C@H](N(C(=O)O)C(C)(C)C)C1. The fourth-order valence-electron chi connectivity index (χ4n) is 3.97. The van der Waals surface area contributed by atoms with E-state index in [0.717, 1.165) is 0 Å². The van der Waals surface area contributed by atoms with Crippen molar-refractivity contribution in [1.29, 1.82) is 0 Å². The molecule has 4 amide bonds. The highest BCUT2D eigenvalue weighted by Crippen LogP contribution is 2.33. The largest absolute Gasteiger partial charge is 0.465 e. The van der Waals surface area contributed by atoms with Crippen molar-refractivity contribution in [3.05, 3.63) is 23.4 Å². The molecule has 0 unspecified atom stereocenters. The topological polar surface area (TPSA) is 132 Å². The van der Waals surface area contributed by atoms with Crippen LogP contribution in [0.5, 0.6) is 0 Å². The van der Waals surface area contributed by atoms with Gasteiger partial charge in [0.1, 0.15) is 5.82 Å². The molecule has 1 aromatic heterocycles. The molecular weight excluding hydrogens is 438 g/mol. The summed E-state index contributed by atoms with van der Waals surface area (Å²) in [6, 6.07) is 1.67. The fourth-order valence-corrected chi connectivity index (χ4v) is 4.08. The van der Waals surface area contributed by atoms with Crippen LogP contribution in [-0.2, 0) is 14.4 Å². The first-order valence-corrected chi connectivity index (χ1v) is 10.7. The Hall–Kier alpha value is -2.88. The number of hydrogen-bond donors (Lipinski definition) is 3. The number of carbonyl (C=O) groups excluding carboxylic acids is 3. The summed E-state index contributed by atoms with van der Waals surface area (Å²) in [6.45, 7) is 5.24. The van der Waals surface area contributed by atoms with Gasteiger partial charge in [-0.05, 0) is 52.2 Å². The maximum absolute atomic E-state index is 12.6. The second-order valence-corrected chi connectivity index (χ2v) is 9.47. The van der Waals surface area contributed by atoms with Crippen molar-refractivity contribution in [2.75, 3.05) is 19.4 Å². The molecule has 1 heterocycles. The molecule has 0 bridgehead atoms. The number of aromatic nitrogens is 1. The van der Waals surface area contributed by atoms with E-state index >= 15 is 0 Å². The van der Waals surface area contributed by atoms with Crippen LogP contribution in [0.15, 0.2) is 18.3 Å². The highest BCUT2D eigenvalue weighted by molar-refractivity contribution is 6.39. The third kappa shape index (κ3) is 6.32. The van der Waals surface area contributed by atoms with Crippen LogP contribution >= 0.6 is 11.6 Å². The number of carboxylic acid groups (broad SMARTS) is 1. The number of hydrogen-bond acceptors (Lipinski definition) is 5. The van der Waals surface area contributed by atoms with Crippen molar-refractivity contribution >= 4 is 41.2 Å². The van der Waals surface area contributed by atoms with Crippen LogP contribution < -0.4 is 10.6 Å². The van der Waals surface area contributed by atoms with Crippen LogP contribution in [-0.4, -0.2) is 75.4 Å². The molecule has 10 nitrogen and oxygen atoms in total. The molecule has 0 aromatic carbocycles. The Morgan fingerprint density at radius 1 is 1.12 bits per heavy atom. The molecule has 3 N–H and O–H groups in total. The quantitative estimate of drug-likeness (QED) is 0.581. The van der Waals surface area contributed by atoms with Gasteiger partial charge in [0.2, 0.25) is 5.91 Å². The smallest absolute Gasteiger partial charge is 0.408 e. The summed E-state index contributed by atoms with van der Waals surface area (Å²) in [7, 11) is 3.30. The number of anilines is 1. The van der Waals surface area contributed by atoms with Crippen molar-refractivity contribution in [3.63, 3.8) is 0 Å². The third-order valence-corrected chi connectivity index (χ3v) is 5.58. The van der Waals surface area contributed by atoms with Crippen LogP contribution in [0.4, 0.5) is 10.6 Å². The van der Waals surface area contributed by atoms with Crippen molar-refractivity contribution in [2.24, 2.45) is 5.92 Å². The van der Waals surface area contributed by atoms with Gasteiger partial charge in [-0.2, -0.15) is 0 Å². The first-order valence-electron chi connectivity index (χ1n) is 10.3. The van der Waals surface area contributed by atoms with Crippen molar-refractivity contribution in [1.82, 2.24) is 20.1 Å². The number of halogens is 1. The zero-order chi connectivity index (χ0) is 24.2.